The van der Waals surface area contributed by atoms with Crippen LogP contribution in [0.2, 0.25) is 0 Å². The van der Waals surface area contributed by atoms with Crippen LogP contribution in [0.25, 0.3) is 16.6 Å². The van der Waals surface area contributed by atoms with Gasteiger partial charge in [0.25, 0.3) is 11.5 Å². The SMILES string of the molecule is CCn1c(=O)c2ccnn2c2ccc(C(=O)NCc3ccc(N4CCCC4)cc3)cc21. The Bertz CT molecular complexity index is 1310. The van der Waals surface area contributed by atoms with Gasteiger partial charge in [0.1, 0.15) is 5.52 Å². The molecule has 31 heavy (non-hydrogen) atoms. The van der Waals surface area contributed by atoms with E-state index < -0.39 is 0 Å². The number of amides is 1. The van der Waals surface area contributed by atoms with E-state index in [4.69, 9.17) is 0 Å². The third-order valence-corrected chi connectivity index (χ3v) is 6.04. The van der Waals surface area contributed by atoms with E-state index in [-0.39, 0.29) is 11.5 Å². The predicted octanol–water partition coefficient (Wildman–Crippen LogP) is 3.20. The van der Waals surface area contributed by atoms with E-state index in [1.165, 1.54) is 18.5 Å². The van der Waals surface area contributed by atoms with Crippen LogP contribution in [0.3, 0.4) is 0 Å². The molecule has 1 aliphatic rings. The molecule has 2 aromatic heterocycles. The fraction of sp³-hybridized carbons (Fsp3) is 0.292. The Morgan fingerprint density at radius 2 is 1.77 bits per heavy atom. The Morgan fingerprint density at radius 1 is 1.00 bits per heavy atom. The predicted molar refractivity (Wildman–Crippen MR) is 122 cm³/mol. The summed E-state index contributed by atoms with van der Waals surface area (Å²) in [5.41, 5.74) is 4.74. The van der Waals surface area contributed by atoms with Crippen LogP contribution in [0.1, 0.15) is 35.7 Å². The summed E-state index contributed by atoms with van der Waals surface area (Å²) < 4.78 is 3.31. The molecule has 0 unspecified atom stereocenters. The number of nitrogens with zero attached hydrogens (tertiary/aromatic N) is 4. The Balaban J connectivity index is 1.37. The van der Waals surface area contributed by atoms with Gasteiger partial charge in [0.05, 0.1) is 17.2 Å². The minimum atomic E-state index is -0.166. The van der Waals surface area contributed by atoms with Crippen LogP contribution in [0, 0.1) is 0 Å². The van der Waals surface area contributed by atoms with Gasteiger partial charge in [-0.1, -0.05) is 12.1 Å². The molecule has 1 fully saturated rings. The lowest BCUT2D eigenvalue weighted by Gasteiger charge is -2.17. The van der Waals surface area contributed by atoms with Gasteiger partial charge in [-0.05, 0) is 61.7 Å². The summed E-state index contributed by atoms with van der Waals surface area (Å²) in [4.78, 5) is 27.9. The fourth-order valence-electron chi connectivity index (χ4n) is 4.36. The van der Waals surface area contributed by atoms with Crippen LogP contribution in [-0.4, -0.2) is 33.2 Å². The molecule has 0 bridgehead atoms. The smallest absolute Gasteiger partial charge is 0.277 e. The highest BCUT2D eigenvalue weighted by molar-refractivity contribution is 5.97. The van der Waals surface area contributed by atoms with E-state index in [1.54, 1.807) is 33.5 Å². The number of aryl methyl sites for hydroxylation is 1. The lowest BCUT2D eigenvalue weighted by Crippen LogP contribution is -2.25. The molecule has 7 nitrogen and oxygen atoms in total. The van der Waals surface area contributed by atoms with Crippen molar-refractivity contribution >= 4 is 28.1 Å². The topological polar surface area (TPSA) is 71.6 Å². The molecule has 158 valence electrons. The number of benzene rings is 2. The van der Waals surface area contributed by atoms with Gasteiger partial charge in [0.15, 0.2) is 0 Å². The number of hydrogen-bond acceptors (Lipinski definition) is 4. The van der Waals surface area contributed by atoms with Crippen molar-refractivity contribution in [2.45, 2.75) is 32.9 Å². The first-order chi connectivity index (χ1) is 15.2. The van der Waals surface area contributed by atoms with Gasteiger partial charge in [0, 0.05) is 37.4 Å². The van der Waals surface area contributed by atoms with E-state index >= 15 is 0 Å². The van der Waals surface area contributed by atoms with Crippen molar-refractivity contribution in [1.82, 2.24) is 19.5 Å². The maximum absolute atomic E-state index is 12.8. The van der Waals surface area contributed by atoms with Gasteiger partial charge in [-0.25, -0.2) is 4.52 Å². The third kappa shape index (κ3) is 3.46. The first-order valence-electron chi connectivity index (χ1n) is 10.8. The first kappa shape index (κ1) is 19.4. The number of carbonyl (C=O) groups excluding carboxylic acids is 1. The van der Waals surface area contributed by atoms with Gasteiger partial charge in [0.2, 0.25) is 0 Å². The molecule has 7 heteroatoms. The molecule has 0 atom stereocenters. The number of nitrogens with one attached hydrogen (secondary N) is 1. The highest BCUT2D eigenvalue weighted by atomic mass is 16.1. The normalized spacial score (nSPS) is 13.9. The molecule has 1 N–H and O–H groups in total. The Kier molecular flexibility index (Phi) is 4.94. The highest BCUT2D eigenvalue weighted by Gasteiger charge is 2.14. The monoisotopic (exact) mass is 415 g/mol. The molecule has 1 aliphatic heterocycles. The summed E-state index contributed by atoms with van der Waals surface area (Å²) in [7, 11) is 0. The third-order valence-electron chi connectivity index (χ3n) is 6.04. The Hall–Kier alpha value is -3.61. The molecular weight excluding hydrogens is 390 g/mol. The van der Waals surface area contributed by atoms with Crippen molar-refractivity contribution in [1.29, 1.82) is 0 Å². The molecule has 0 saturated carbocycles. The first-order valence-corrected chi connectivity index (χ1v) is 10.8. The second kappa shape index (κ2) is 7.91. The van der Waals surface area contributed by atoms with E-state index in [9.17, 15) is 9.59 Å². The van der Waals surface area contributed by atoms with E-state index in [0.29, 0.717) is 29.7 Å². The average molecular weight is 415 g/mol. The van der Waals surface area contributed by atoms with E-state index in [1.807, 2.05) is 13.0 Å². The molecule has 5 rings (SSSR count). The van der Waals surface area contributed by atoms with Crippen LogP contribution >= 0.6 is 0 Å². The lowest BCUT2D eigenvalue weighted by atomic mass is 10.1. The molecule has 1 amide bonds. The lowest BCUT2D eigenvalue weighted by molar-refractivity contribution is 0.0951. The van der Waals surface area contributed by atoms with Crippen molar-refractivity contribution in [3.8, 4) is 0 Å². The maximum atomic E-state index is 12.8. The van der Waals surface area contributed by atoms with Crippen molar-refractivity contribution < 1.29 is 4.79 Å². The number of anilines is 1. The molecule has 0 spiro atoms. The highest BCUT2D eigenvalue weighted by Crippen LogP contribution is 2.21. The molecule has 1 saturated heterocycles. The van der Waals surface area contributed by atoms with Gasteiger partial charge >= 0.3 is 0 Å². The number of fused-ring (bicyclic) bond motifs is 3. The number of hydrogen-bond donors (Lipinski definition) is 1. The zero-order valence-electron chi connectivity index (χ0n) is 17.5. The molecule has 2 aromatic carbocycles. The van der Waals surface area contributed by atoms with Gasteiger partial charge in [-0.2, -0.15) is 5.10 Å². The fourth-order valence-corrected chi connectivity index (χ4v) is 4.36. The van der Waals surface area contributed by atoms with Crippen LogP contribution in [0.4, 0.5) is 5.69 Å². The van der Waals surface area contributed by atoms with Crippen molar-refractivity contribution in [3.63, 3.8) is 0 Å². The van der Waals surface area contributed by atoms with Crippen molar-refractivity contribution in [2.24, 2.45) is 0 Å². The van der Waals surface area contributed by atoms with E-state index in [0.717, 1.165) is 24.2 Å². The van der Waals surface area contributed by atoms with Crippen molar-refractivity contribution in [2.75, 3.05) is 18.0 Å². The summed E-state index contributed by atoms with van der Waals surface area (Å²) in [6.07, 6.45) is 4.12. The quantitative estimate of drug-likeness (QED) is 0.543. The molecule has 4 aromatic rings. The molecule has 0 radical (unpaired) electrons. The summed E-state index contributed by atoms with van der Waals surface area (Å²) in [5, 5.41) is 7.26. The second-order valence-electron chi connectivity index (χ2n) is 7.92. The van der Waals surface area contributed by atoms with Gasteiger partial charge in [-0.15, -0.1) is 0 Å². The zero-order chi connectivity index (χ0) is 21.4. The van der Waals surface area contributed by atoms with Gasteiger partial charge in [-0.3, -0.25) is 9.59 Å². The zero-order valence-corrected chi connectivity index (χ0v) is 17.5. The minimum absolute atomic E-state index is 0.108. The van der Waals surface area contributed by atoms with E-state index in [2.05, 4.69) is 39.6 Å². The number of aromatic nitrogens is 3. The van der Waals surface area contributed by atoms with Crippen LogP contribution < -0.4 is 15.8 Å². The summed E-state index contributed by atoms with van der Waals surface area (Å²) >= 11 is 0. The maximum Gasteiger partial charge on any atom is 0.277 e. The standard InChI is InChI=1S/C24H25N5O2/c1-2-28-22-15-18(7-10-20(22)29-21(24(28)31)11-12-26-29)23(30)25-16-17-5-8-19(9-6-17)27-13-3-4-14-27/h5-12,15H,2-4,13-14,16H2,1H3,(H,25,30). The Labute approximate surface area is 179 Å². The van der Waals surface area contributed by atoms with Crippen LogP contribution in [0.15, 0.2) is 59.5 Å². The number of carbonyl (C=O) groups is 1. The molecule has 3 heterocycles. The van der Waals surface area contributed by atoms with Crippen LogP contribution in [0.5, 0.6) is 0 Å². The Morgan fingerprint density at radius 3 is 2.52 bits per heavy atom. The van der Waals surface area contributed by atoms with Crippen molar-refractivity contribution in [3.05, 3.63) is 76.2 Å². The van der Waals surface area contributed by atoms with Gasteiger partial charge < -0.3 is 14.8 Å². The molecule has 0 aliphatic carbocycles. The summed E-state index contributed by atoms with van der Waals surface area (Å²) in [6, 6.07) is 15.5. The second-order valence-corrected chi connectivity index (χ2v) is 7.92. The molecular formula is C24H25N5O2. The average Bonchev–Trinajstić information content (AvgIpc) is 3.50. The summed E-state index contributed by atoms with van der Waals surface area (Å²) in [5.74, 6) is -0.166. The summed E-state index contributed by atoms with van der Waals surface area (Å²) in [6.45, 7) is 5.13. The van der Waals surface area contributed by atoms with Crippen LogP contribution in [-0.2, 0) is 13.1 Å². The minimum Gasteiger partial charge on any atom is -0.372 e. The largest absolute Gasteiger partial charge is 0.372 e. The number of rotatable bonds is 5.